The van der Waals surface area contributed by atoms with E-state index in [9.17, 15) is 5.11 Å². The standard InChI is InChI=1S/C23H20N2O/c1-15-8-10-18(11-9-15)23-19(17-6-4-3-5-7-17)14-20-21(25-23)12-13-24-22(20)16(2)26/h3-14,16,26H,1-2H3. The maximum absolute atomic E-state index is 10.1. The van der Waals surface area contributed by atoms with Crippen LogP contribution in [0.1, 0.15) is 24.3 Å². The van der Waals surface area contributed by atoms with Crippen molar-refractivity contribution in [2.45, 2.75) is 20.0 Å². The summed E-state index contributed by atoms with van der Waals surface area (Å²) in [5.41, 5.74) is 6.86. The minimum absolute atomic E-state index is 0.644. The highest BCUT2D eigenvalue weighted by Crippen LogP contribution is 2.35. The summed E-state index contributed by atoms with van der Waals surface area (Å²) in [6.07, 6.45) is 1.06. The molecule has 0 saturated carbocycles. The van der Waals surface area contributed by atoms with Crippen molar-refractivity contribution < 1.29 is 5.11 Å². The molecule has 1 N–H and O–H groups in total. The Morgan fingerprint density at radius 1 is 0.885 bits per heavy atom. The number of nitrogens with zero attached hydrogens (tertiary/aromatic N) is 2. The minimum atomic E-state index is -0.644. The number of hydrogen-bond donors (Lipinski definition) is 1. The number of hydrogen-bond acceptors (Lipinski definition) is 3. The van der Waals surface area contributed by atoms with Crippen LogP contribution in [-0.2, 0) is 0 Å². The average molecular weight is 340 g/mol. The zero-order valence-electron chi connectivity index (χ0n) is 14.8. The van der Waals surface area contributed by atoms with Gasteiger partial charge in [0, 0.05) is 22.7 Å². The molecule has 2 heterocycles. The van der Waals surface area contributed by atoms with E-state index in [0.29, 0.717) is 5.69 Å². The van der Waals surface area contributed by atoms with Crippen molar-refractivity contribution in [1.29, 1.82) is 0 Å². The first kappa shape index (κ1) is 16.4. The van der Waals surface area contributed by atoms with Crippen molar-refractivity contribution in [1.82, 2.24) is 9.97 Å². The van der Waals surface area contributed by atoms with E-state index in [1.54, 1.807) is 13.1 Å². The maximum atomic E-state index is 10.1. The normalized spacial score (nSPS) is 12.3. The second kappa shape index (κ2) is 6.70. The lowest BCUT2D eigenvalue weighted by Gasteiger charge is -2.14. The fourth-order valence-electron chi connectivity index (χ4n) is 3.22. The Bertz CT molecular complexity index is 1050. The predicted molar refractivity (Wildman–Crippen MR) is 106 cm³/mol. The summed E-state index contributed by atoms with van der Waals surface area (Å²) in [4.78, 5) is 9.31. The van der Waals surface area contributed by atoms with E-state index in [0.717, 1.165) is 33.3 Å². The van der Waals surface area contributed by atoms with Crippen LogP contribution < -0.4 is 0 Å². The molecule has 0 aliphatic heterocycles. The molecular weight excluding hydrogens is 320 g/mol. The van der Waals surface area contributed by atoms with E-state index in [-0.39, 0.29) is 0 Å². The van der Waals surface area contributed by atoms with Crippen LogP contribution in [0.2, 0.25) is 0 Å². The molecule has 0 fully saturated rings. The van der Waals surface area contributed by atoms with Crippen molar-refractivity contribution in [2.24, 2.45) is 0 Å². The smallest absolute Gasteiger partial charge is 0.0938 e. The molecular formula is C23H20N2O. The van der Waals surface area contributed by atoms with Gasteiger partial charge in [0.1, 0.15) is 0 Å². The Kier molecular flexibility index (Phi) is 4.23. The SMILES string of the molecule is Cc1ccc(-c2nc3ccnc(C(C)O)c3cc2-c2ccccc2)cc1. The molecule has 3 nitrogen and oxygen atoms in total. The summed E-state index contributed by atoms with van der Waals surface area (Å²) in [6.45, 7) is 3.81. The molecule has 2 aromatic heterocycles. The van der Waals surface area contributed by atoms with Crippen LogP contribution in [0, 0.1) is 6.92 Å². The van der Waals surface area contributed by atoms with Gasteiger partial charge < -0.3 is 5.11 Å². The molecule has 0 bridgehead atoms. The quantitative estimate of drug-likeness (QED) is 0.548. The lowest BCUT2D eigenvalue weighted by molar-refractivity contribution is 0.196. The summed E-state index contributed by atoms with van der Waals surface area (Å²) in [5.74, 6) is 0. The van der Waals surface area contributed by atoms with E-state index in [2.05, 4.69) is 54.4 Å². The van der Waals surface area contributed by atoms with Crippen LogP contribution >= 0.6 is 0 Å². The number of aliphatic hydroxyl groups excluding tert-OH is 1. The van der Waals surface area contributed by atoms with Crippen molar-refractivity contribution in [3.63, 3.8) is 0 Å². The summed E-state index contributed by atoms with van der Waals surface area (Å²) in [5, 5.41) is 11.0. The summed E-state index contributed by atoms with van der Waals surface area (Å²) in [6, 6.07) is 22.6. The number of benzene rings is 2. The Labute approximate surface area is 153 Å². The van der Waals surface area contributed by atoms with Crippen LogP contribution in [0.3, 0.4) is 0 Å². The van der Waals surface area contributed by atoms with Gasteiger partial charge in [-0.3, -0.25) is 4.98 Å². The van der Waals surface area contributed by atoms with Crippen LogP contribution in [0.15, 0.2) is 72.9 Å². The van der Waals surface area contributed by atoms with Gasteiger partial charge in [-0.2, -0.15) is 0 Å². The highest BCUT2D eigenvalue weighted by atomic mass is 16.3. The zero-order valence-corrected chi connectivity index (χ0v) is 14.8. The van der Waals surface area contributed by atoms with E-state index >= 15 is 0 Å². The molecule has 0 saturated heterocycles. The highest BCUT2D eigenvalue weighted by molar-refractivity contribution is 5.92. The van der Waals surface area contributed by atoms with E-state index < -0.39 is 6.10 Å². The van der Waals surface area contributed by atoms with Crippen LogP contribution in [0.5, 0.6) is 0 Å². The molecule has 0 aliphatic rings. The van der Waals surface area contributed by atoms with Gasteiger partial charge in [0.15, 0.2) is 0 Å². The third kappa shape index (κ3) is 2.98. The van der Waals surface area contributed by atoms with Gasteiger partial charge in [-0.15, -0.1) is 0 Å². The van der Waals surface area contributed by atoms with Gasteiger partial charge in [-0.25, -0.2) is 4.98 Å². The first-order chi connectivity index (χ1) is 12.6. The Balaban J connectivity index is 2.04. The number of aliphatic hydroxyl groups is 1. The minimum Gasteiger partial charge on any atom is -0.387 e. The molecule has 26 heavy (non-hydrogen) atoms. The first-order valence-corrected chi connectivity index (χ1v) is 8.73. The Hall–Kier alpha value is -3.04. The highest BCUT2D eigenvalue weighted by Gasteiger charge is 2.15. The third-order valence-corrected chi connectivity index (χ3v) is 4.58. The molecule has 1 atom stereocenters. The summed E-state index contributed by atoms with van der Waals surface area (Å²) >= 11 is 0. The lowest BCUT2D eigenvalue weighted by Crippen LogP contribution is -1.99. The number of fused-ring (bicyclic) bond motifs is 1. The van der Waals surface area contributed by atoms with Crippen molar-refractivity contribution in [2.75, 3.05) is 0 Å². The summed E-state index contributed by atoms with van der Waals surface area (Å²) in [7, 11) is 0. The predicted octanol–water partition coefficient (Wildman–Crippen LogP) is 5.33. The monoisotopic (exact) mass is 340 g/mol. The van der Waals surface area contributed by atoms with Crippen LogP contribution in [0.25, 0.3) is 33.3 Å². The van der Waals surface area contributed by atoms with E-state index in [4.69, 9.17) is 4.98 Å². The molecule has 0 aliphatic carbocycles. The van der Waals surface area contributed by atoms with Gasteiger partial charge in [0.05, 0.1) is 23.0 Å². The molecule has 1 unspecified atom stereocenters. The van der Waals surface area contributed by atoms with Crippen LogP contribution in [0.4, 0.5) is 0 Å². The number of pyridine rings is 2. The molecule has 0 radical (unpaired) electrons. The van der Waals surface area contributed by atoms with Crippen molar-refractivity contribution >= 4 is 10.9 Å². The molecule has 4 aromatic rings. The van der Waals surface area contributed by atoms with Gasteiger partial charge >= 0.3 is 0 Å². The van der Waals surface area contributed by atoms with Crippen molar-refractivity contribution in [3.8, 4) is 22.4 Å². The van der Waals surface area contributed by atoms with Crippen molar-refractivity contribution in [3.05, 3.63) is 84.2 Å². The molecule has 4 rings (SSSR count). The van der Waals surface area contributed by atoms with E-state index in [1.165, 1.54) is 5.56 Å². The molecule has 0 spiro atoms. The largest absolute Gasteiger partial charge is 0.387 e. The zero-order chi connectivity index (χ0) is 18.1. The summed E-state index contributed by atoms with van der Waals surface area (Å²) < 4.78 is 0. The average Bonchev–Trinajstić information content (AvgIpc) is 2.67. The van der Waals surface area contributed by atoms with E-state index in [1.807, 2.05) is 24.3 Å². The molecule has 3 heteroatoms. The second-order valence-corrected chi connectivity index (χ2v) is 6.56. The molecule has 128 valence electrons. The third-order valence-electron chi connectivity index (χ3n) is 4.58. The van der Waals surface area contributed by atoms with Gasteiger partial charge in [-0.05, 0) is 31.5 Å². The molecule has 0 amide bonds. The number of aryl methyl sites for hydroxylation is 1. The topological polar surface area (TPSA) is 46.0 Å². The van der Waals surface area contributed by atoms with Crippen LogP contribution in [-0.4, -0.2) is 15.1 Å². The van der Waals surface area contributed by atoms with Gasteiger partial charge in [-0.1, -0.05) is 60.2 Å². The number of aromatic nitrogens is 2. The van der Waals surface area contributed by atoms with Gasteiger partial charge in [0.25, 0.3) is 0 Å². The second-order valence-electron chi connectivity index (χ2n) is 6.56. The Morgan fingerprint density at radius 3 is 2.31 bits per heavy atom. The number of rotatable bonds is 3. The molecule has 2 aromatic carbocycles. The maximum Gasteiger partial charge on any atom is 0.0938 e. The fourth-order valence-corrected chi connectivity index (χ4v) is 3.22. The van der Waals surface area contributed by atoms with Gasteiger partial charge in [0.2, 0.25) is 0 Å². The first-order valence-electron chi connectivity index (χ1n) is 8.73. The lowest BCUT2D eigenvalue weighted by atomic mass is 9.96. The Morgan fingerprint density at radius 2 is 1.62 bits per heavy atom. The fraction of sp³-hybridized carbons (Fsp3) is 0.130.